The van der Waals surface area contributed by atoms with Crippen molar-refractivity contribution in [3.8, 4) is 11.1 Å². The first-order valence-electron chi connectivity index (χ1n) is 11.4. The van der Waals surface area contributed by atoms with Gasteiger partial charge < -0.3 is 9.80 Å². The fourth-order valence-electron chi connectivity index (χ4n) is 4.52. The molecule has 0 saturated carbocycles. The van der Waals surface area contributed by atoms with Gasteiger partial charge in [0.15, 0.2) is 10.8 Å². The highest BCUT2D eigenvalue weighted by molar-refractivity contribution is 7.99. The summed E-state index contributed by atoms with van der Waals surface area (Å²) >= 11 is 1.61. The molecule has 1 aromatic carbocycles. The first-order chi connectivity index (χ1) is 16.5. The van der Waals surface area contributed by atoms with Gasteiger partial charge >= 0.3 is 0 Å². The van der Waals surface area contributed by atoms with Gasteiger partial charge in [-0.05, 0) is 68.7 Å². The van der Waals surface area contributed by atoms with Crippen LogP contribution in [0.5, 0.6) is 0 Å². The van der Waals surface area contributed by atoms with Crippen LogP contribution in [0.4, 0.5) is 5.69 Å². The fraction of sp³-hybridized carbons (Fsp3) is 0.280. The summed E-state index contributed by atoms with van der Waals surface area (Å²) in [4.78, 5) is 10.6. The lowest BCUT2D eigenvalue weighted by Gasteiger charge is -2.21. The Morgan fingerprint density at radius 1 is 1.00 bits per heavy atom. The second kappa shape index (κ2) is 8.41. The van der Waals surface area contributed by atoms with Crippen molar-refractivity contribution in [2.45, 2.75) is 22.5 Å². The number of rotatable bonds is 5. The van der Waals surface area contributed by atoms with Gasteiger partial charge in [0.2, 0.25) is 0 Å². The zero-order valence-corrected chi connectivity index (χ0v) is 20.3. The van der Waals surface area contributed by atoms with Crippen molar-refractivity contribution in [3.63, 3.8) is 0 Å². The molecule has 5 heterocycles. The molecule has 1 fully saturated rings. The Bertz CT molecular complexity index is 1490. The van der Waals surface area contributed by atoms with E-state index < -0.39 is 0 Å². The van der Waals surface area contributed by atoms with Crippen molar-refractivity contribution in [2.75, 3.05) is 32.1 Å². The molecule has 0 N–H and O–H groups in total. The molecule has 9 heteroatoms. The second-order valence-electron chi connectivity index (χ2n) is 9.03. The Morgan fingerprint density at radius 3 is 2.71 bits per heavy atom. The number of fused-ring (bicyclic) bond motifs is 2. The minimum atomic E-state index is 0.593. The molecule has 6 rings (SSSR count). The molecule has 0 bridgehead atoms. The van der Waals surface area contributed by atoms with E-state index in [2.05, 4.69) is 75.7 Å². The minimum absolute atomic E-state index is 0.593. The third-order valence-electron chi connectivity index (χ3n) is 6.52. The zero-order chi connectivity index (χ0) is 23.2. The third kappa shape index (κ3) is 3.91. The average Bonchev–Trinajstić information content (AvgIpc) is 3.59. The topological polar surface area (TPSA) is 67.4 Å². The molecule has 0 aliphatic carbocycles. The molecule has 0 radical (unpaired) electrons. The van der Waals surface area contributed by atoms with Crippen molar-refractivity contribution in [2.24, 2.45) is 7.05 Å². The minimum Gasteiger partial charge on any atom is -0.369 e. The van der Waals surface area contributed by atoms with Crippen molar-refractivity contribution < 1.29 is 0 Å². The Kier molecular flexibility index (Phi) is 5.23. The Labute approximate surface area is 202 Å². The van der Waals surface area contributed by atoms with Crippen molar-refractivity contribution in [3.05, 3.63) is 61.2 Å². The van der Waals surface area contributed by atoms with Gasteiger partial charge in [-0.15, -0.1) is 10.2 Å². The number of pyridine rings is 2. The van der Waals surface area contributed by atoms with Gasteiger partial charge in [0.05, 0.1) is 23.6 Å². The van der Waals surface area contributed by atoms with Gasteiger partial charge in [0, 0.05) is 60.0 Å². The van der Waals surface area contributed by atoms with Gasteiger partial charge in [0.25, 0.3) is 0 Å². The SMILES string of the molecule is CN(C)[C@H]1CCN(c2cnc3ccc(Sc4nnc5ccc(-c6cnn(C)c6)cn45)cc3c2)C1. The molecule has 1 saturated heterocycles. The molecule has 1 aliphatic heterocycles. The normalized spacial score (nSPS) is 16.4. The van der Waals surface area contributed by atoms with Crippen LogP contribution in [0.3, 0.4) is 0 Å². The summed E-state index contributed by atoms with van der Waals surface area (Å²) in [5.74, 6) is 0. The Morgan fingerprint density at radius 2 is 1.91 bits per heavy atom. The van der Waals surface area contributed by atoms with Gasteiger partial charge in [-0.25, -0.2) is 0 Å². The van der Waals surface area contributed by atoms with Crippen LogP contribution in [-0.2, 0) is 7.05 Å². The molecule has 0 spiro atoms. The summed E-state index contributed by atoms with van der Waals surface area (Å²) in [6, 6.07) is 13.3. The van der Waals surface area contributed by atoms with Gasteiger partial charge in [-0.1, -0.05) is 0 Å². The van der Waals surface area contributed by atoms with Crippen molar-refractivity contribution in [1.82, 2.24) is 34.3 Å². The fourth-order valence-corrected chi connectivity index (χ4v) is 5.38. The predicted molar refractivity (Wildman–Crippen MR) is 135 cm³/mol. The van der Waals surface area contributed by atoms with Gasteiger partial charge in [-0.2, -0.15) is 5.10 Å². The quantitative estimate of drug-likeness (QED) is 0.385. The molecule has 5 aromatic rings. The molecule has 1 atom stereocenters. The third-order valence-corrected chi connectivity index (χ3v) is 7.47. The van der Waals surface area contributed by atoms with Crippen molar-refractivity contribution >= 4 is 34.0 Å². The molecule has 34 heavy (non-hydrogen) atoms. The van der Waals surface area contributed by atoms with E-state index in [4.69, 9.17) is 4.98 Å². The monoisotopic (exact) mass is 470 g/mol. The number of hydrogen-bond donors (Lipinski definition) is 0. The van der Waals surface area contributed by atoms with E-state index in [1.165, 1.54) is 12.1 Å². The van der Waals surface area contributed by atoms with Gasteiger partial charge in [-0.3, -0.25) is 14.1 Å². The van der Waals surface area contributed by atoms with Crippen LogP contribution < -0.4 is 4.90 Å². The molecular formula is C25H26N8S. The van der Waals surface area contributed by atoms with E-state index in [-0.39, 0.29) is 0 Å². The Hall–Kier alpha value is -3.43. The van der Waals surface area contributed by atoms with E-state index in [0.717, 1.165) is 50.8 Å². The van der Waals surface area contributed by atoms with E-state index >= 15 is 0 Å². The molecule has 8 nitrogen and oxygen atoms in total. The number of hydrogen-bond acceptors (Lipinski definition) is 7. The van der Waals surface area contributed by atoms with Crippen LogP contribution in [0.25, 0.3) is 27.7 Å². The number of nitrogens with zero attached hydrogens (tertiary/aromatic N) is 8. The maximum absolute atomic E-state index is 4.73. The Balaban J connectivity index is 1.29. The van der Waals surface area contributed by atoms with Crippen LogP contribution in [-0.4, -0.2) is 67.5 Å². The predicted octanol–water partition coefficient (Wildman–Crippen LogP) is 3.97. The number of aromatic nitrogens is 6. The number of aryl methyl sites for hydroxylation is 1. The second-order valence-corrected chi connectivity index (χ2v) is 10.1. The molecule has 172 valence electrons. The van der Waals surface area contributed by atoms with E-state index in [9.17, 15) is 0 Å². The summed E-state index contributed by atoms with van der Waals surface area (Å²) in [6.07, 6.45) is 9.13. The van der Waals surface area contributed by atoms with Crippen LogP contribution in [0.1, 0.15) is 6.42 Å². The van der Waals surface area contributed by atoms with Crippen LogP contribution in [0, 0.1) is 0 Å². The molecular weight excluding hydrogens is 444 g/mol. The number of likely N-dealkylation sites (N-methyl/N-ethyl adjacent to an activating group) is 1. The first kappa shape index (κ1) is 21.1. The maximum Gasteiger partial charge on any atom is 0.200 e. The highest BCUT2D eigenvalue weighted by Crippen LogP contribution is 2.32. The highest BCUT2D eigenvalue weighted by atomic mass is 32.2. The maximum atomic E-state index is 4.73. The lowest BCUT2D eigenvalue weighted by molar-refractivity contribution is 0.315. The largest absolute Gasteiger partial charge is 0.369 e. The average molecular weight is 471 g/mol. The smallest absolute Gasteiger partial charge is 0.200 e. The number of benzene rings is 1. The van der Waals surface area contributed by atoms with Crippen LogP contribution >= 0.6 is 11.8 Å². The molecule has 4 aromatic heterocycles. The standard InChI is InChI=1S/C25H26N8S/c1-30(2)20-8-9-32(16-20)21-10-18-11-22(5-6-23(18)26-13-21)34-25-29-28-24-7-4-17(15-33(24)25)19-12-27-31(3)14-19/h4-7,10-15,20H,8-9,16H2,1-3H3/t20-/m0/s1. The summed E-state index contributed by atoms with van der Waals surface area (Å²) in [6.45, 7) is 2.11. The number of anilines is 1. The van der Waals surface area contributed by atoms with E-state index in [0.29, 0.717) is 6.04 Å². The lowest BCUT2D eigenvalue weighted by atomic mass is 10.2. The summed E-state index contributed by atoms with van der Waals surface area (Å²) < 4.78 is 3.85. The van der Waals surface area contributed by atoms with Gasteiger partial charge in [0.1, 0.15) is 0 Å². The zero-order valence-electron chi connectivity index (χ0n) is 19.5. The first-order valence-corrected chi connectivity index (χ1v) is 12.2. The van der Waals surface area contributed by atoms with E-state index in [1.807, 2.05) is 40.8 Å². The summed E-state index contributed by atoms with van der Waals surface area (Å²) in [7, 11) is 6.24. The van der Waals surface area contributed by atoms with Crippen LogP contribution in [0.15, 0.2) is 71.2 Å². The van der Waals surface area contributed by atoms with Crippen LogP contribution in [0.2, 0.25) is 0 Å². The highest BCUT2D eigenvalue weighted by Gasteiger charge is 2.24. The molecule has 0 amide bonds. The lowest BCUT2D eigenvalue weighted by Crippen LogP contribution is -2.31. The summed E-state index contributed by atoms with van der Waals surface area (Å²) in [5.41, 5.74) is 5.16. The molecule has 1 aliphatic rings. The molecule has 0 unspecified atom stereocenters. The van der Waals surface area contributed by atoms with Crippen molar-refractivity contribution in [1.29, 1.82) is 0 Å². The van der Waals surface area contributed by atoms with E-state index in [1.54, 1.807) is 11.8 Å². The summed E-state index contributed by atoms with van der Waals surface area (Å²) in [5, 5.41) is 15.1.